The van der Waals surface area contributed by atoms with E-state index < -0.39 is 0 Å². The van der Waals surface area contributed by atoms with Crippen molar-refractivity contribution in [2.24, 2.45) is 0 Å². The second kappa shape index (κ2) is 6.97. The number of rotatable bonds is 6. The molecule has 0 aliphatic rings. The summed E-state index contributed by atoms with van der Waals surface area (Å²) in [5, 5.41) is 0. The van der Waals surface area contributed by atoms with Gasteiger partial charge in [-0.05, 0) is 68.5 Å². The number of halogens is 1. The summed E-state index contributed by atoms with van der Waals surface area (Å²) in [6.45, 7) is 7.47. The second-order valence-electron chi connectivity index (χ2n) is 4.53. The van der Waals surface area contributed by atoms with Crippen molar-refractivity contribution < 1.29 is 0 Å². The molecular formula is C13H22BrN3. The van der Waals surface area contributed by atoms with Gasteiger partial charge in [0.15, 0.2) is 0 Å². The molecule has 0 bridgehead atoms. The summed E-state index contributed by atoms with van der Waals surface area (Å²) in [5.74, 6) is 1.11. The summed E-state index contributed by atoms with van der Waals surface area (Å²) in [6, 6.07) is 2.12. The number of anilines is 1. The van der Waals surface area contributed by atoms with Gasteiger partial charge in [0.05, 0.1) is 0 Å². The van der Waals surface area contributed by atoms with Crippen molar-refractivity contribution >= 4 is 21.7 Å². The highest BCUT2D eigenvalue weighted by molar-refractivity contribution is 9.10. The molecule has 1 rings (SSSR count). The van der Waals surface area contributed by atoms with Gasteiger partial charge in [-0.15, -0.1) is 0 Å². The van der Waals surface area contributed by atoms with Gasteiger partial charge in [0.1, 0.15) is 5.82 Å². The Labute approximate surface area is 113 Å². The van der Waals surface area contributed by atoms with Gasteiger partial charge in [-0.25, -0.2) is 4.98 Å². The third kappa shape index (κ3) is 4.64. The fourth-order valence-electron chi connectivity index (χ4n) is 1.86. The molecule has 4 heteroatoms. The minimum Gasteiger partial charge on any atom is -0.357 e. The van der Waals surface area contributed by atoms with E-state index in [9.17, 15) is 0 Å². The van der Waals surface area contributed by atoms with Gasteiger partial charge in [-0.2, -0.15) is 0 Å². The summed E-state index contributed by atoms with van der Waals surface area (Å²) in [6.07, 6.45) is 3.04. The van der Waals surface area contributed by atoms with Crippen molar-refractivity contribution in [2.45, 2.75) is 20.3 Å². The maximum Gasteiger partial charge on any atom is 0.131 e. The molecule has 0 radical (unpaired) electrons. The third-order valence-corrected chi connectivity index (χ3v) is 3.17. The summed E-state index contributed by atoms with van der Waals surface area (Å²) >= 11 is 3.45. The predicted octanol–water partition coefficient (Wildman–Crippen LogP) is 2.93. The van der Waals surface area contributed by atoms with E-state index in [0.29, 0.717) is 0 Å². The van der Waals surface area contributed by atoms with Crippen molar-refractivity contribution in [3.05, 3.63) is 22.3 Å². The molecule has 0 fully saturated rings. The van der Waals surface area contributed by atoms with Crippen LogP contribution in [0.2, 0.25) is 0 Å². The van der Waals surface area contributed by atoms with Crippen LogP contribution in [0.25, 0.3) is 0 Å². The summed E-state index contributed by atoms with van der Waals surface area (Å²) in [5.41, 5.74) is 1.23. The highest BCUT2D eigenvalue weighted by atomic mass is 79.9. The van der Waals surface area contributed by atoms with Crippen LogP contribution in [0.5, 0.6) is 0 Å². The third-order valence-electron chi connectivity index (χ3n) is 2.73. The lowest BCUT2D eigenvalue weighted by Gasteiger charge is -2.24. The zero-order valence-corrected chi connectivity index (χ0v) is 12.8. The van der Waals surface area contributed by atoms with Crippen molar-refractivity contribution in [3.63, 3.8) is 0 Å². The molecule has 0 atom stereocenters. The van der Waals surface area contributed by atoms with Gasteiger partial charge in [-0.3, -0.25) is 0 Å². The van der Waals surface area contributed by atoms with E-state index in [0.717, 1.165) is 36.3 Å². The Kier molecular flexibility index (Phi) is 5.92. The molecule has 0 amide bonds. The fraction of sp³-hybridized carbons (Fsp3) is 0.615. The van der Waals surface area contributed by atoms with Crippen LogP contribution >= 0.6 is 15.9 Å². The highest BCUT2D eigenvalue weighted by Crippen LogP contribution is 2.20. The molecule has 3 nitrogen and oxygen atoms in total. The molecule has 96 valence electrons. The Bertz CT molecular complexity index is 353. The number of hydrogen-bond acceptors (Lipinski definition) is 3. The maximum atomic E-state index is 4.51. The van der Waals surface area contributed by atoms with Gasteiger partial charge < -0.3 is 9.80 Å². The zero-order valence-electron chi connectivity index (χ0n) is 11.2. The first-order valence-corrected chi connectivity index (χ1v) is 6.85. The Morgan fingerprint density at radius 2 is 2.00 bits per heavy atom. The molecule has 1 aromatic heterocycles. The first-order chi connectivity index (χ1) is 8.04. The van der Waals surface area contributed by atoms with Crippen LogP contribution in [-0.4, -0.2) is 43.6 Å². The van der Waals surface area contributed by atoms with Crippen LogP contribution in [0, 0.1) is 6.92 Å². The number of aryl methyl sites for hydroxylation is 1. The van der Waals surface area contributed by atoms with Crippen LogP contribution < -0.4 is 4.90 Å². The molecule has 1 aromatic rings. The van der Waals surface area contributed by atoms with Crippen molar-refractivity contribution in [1.82, 2.24) is 9.88 Å². The Hall–Kier alpha value is -0.610. The van der Waals surface area contributed by atoms with Crippen LogP contribution in [0.15, 0.2) is 16.7 Å². The number of nitrogens with zero attached hydrogens (tertiary/aromatic N) is 3. The van der Waals surface area contributed by atoms with Crippen molar-refractivity contribution in [1.29, 1.82) is 0 Å². The SMILES string of the molecule is CCN(CCCN(C)C)c1ncc(Br)cc1C. The van der Waals surface area contributed by atoms with E-state index in [1.165, 1.54) is 5.56 Å². The number of pyridine rings is 1. The molecule has 0 saturated carbocycles. The smallest absolute Gasteiger partial charge is 0.131 e. The number of aromatic nitrogens is 1. The molecule has 1 heterocycles. The lowest BCUT2D eigenvalue weighted by molar-refractivity contribution is 0.400. The van der Waals surface area contributed by atoms with E-state index in [-0.39, 0.29) is 0 Å². The van der Waals surface area contributed by atoms with Crippen LogP contribution in [-0.2, 0) is 0 Å². The molecular weight excluding hydrogens is 278 g/mol. The standard InChI is InChI=1S/C13H22BrN3/c1-5-17(8-6-7-16(3)4)13-11(2)9-12(14)10-15-13/h9-10H,5-8H2,1-4H3. The zero-order chi connectivity index (χ0) is 12.8. The van der Waals surface area contributed by atoms with Crippen molar-refractivity contribution in [3.8, 4) is 0 Å². The molecule has 17 heavy (non-hydrogen) atoms. The first-order valence-electron chi connectivity index (χ1n) is 6.06. The average molecular weight is 300 g/mol. The van der Waals surface area contributed by atoms with E-state index >= 15 is 0 Å². The minimum absolute atomic E-state index is 1.00. The first kappa shape index (κ1) is 14.5. The predicted molar refractivity (Wildman–Crippen MR) is 77.7 cm³/mol. The van der Waals surface area contributed by atoms with E-state index in [4.69, 9.17) is 0 Å². The van der Waals surface area contributed by atoms with E-state index in [2.05, 4.69) is 64.7 Å². The Morgan fingerprint density at radius 1 is 1.29 bits per heavy atom. The largest absolute Gasteiger partial charge is 0.357 e. The maximum absolute atomic E-state index is 4.51. The molecule has 0 aliphatic heterocycles. The highest BCUT2D eigenvalue weighted by Gasteiger charge is 2.09. The minimum atomic E-state index is 1.00. The Balaban J connectivity index is 2.66. The summed E-state index contributed by atoms with van der Waals surface area (Å²) < 4.78 is 1.04. The lowest BCUT2D eigenvalue weighted by atomic mass is 10.2. The monoisotopic (exact) mass is 299 g/mol. The van der Waals surface area contributed by atoms with E-state index in [1.807, 2.05) is 6.20 Å². The molecule has 0 unspecified atom stereocenters. The average Bonchev–Trinajstić information content (AvgIpc) is 2.25. The second-order valence-corrected chi connectivity index (χ2v) is 5.45. The fourth-order valence-corrected chi connectivity index (χ4v) is 2.30. The number of hydrogen-bond donors (Lipinski definition) is 0. The quantitative estimate of drug-likeness (QED) is 0.805. The summed E-state index contributed by atoms with van der Waals surface area (Å²) in [4.78, 5) is 9.07. The molecule has 0 aliphatic carbocycles. The van der Waals surface area contributed by atoms with E-state index in [1.54, 1.807) is 0 Å². The summed E-state index contributed by atoms with van der Waals surface area (Å²) in [7, 11) is 4.22. The molecule has 0 saturated heterocycles. The van der Waals surface area contributed by atoms with Crippen molar-refractivity contribution in [2.75, 3.05) is 38.6 Å². The van der Waals surface area contributed by atoms with Crippen LogP contribution in [0.3, 0.4) is 0 Å². The van der Waals surface area contributed by atoms with Gasteiger partial charge in [0.25, 0.3) is 0 Å². The molecule has 0 aromatic carbocycles. The molecule has 0 N–H and O–H groups in total. The van der Waals surface area contributed by atoms with Gasteiger partial charge in [-0.1, -0.05) is 0 Å². The van der Waals surface area contributed by atoms with Gasteiger partial charge >= 0.3 is 0 Å². The normalized spacial score (nSPS) is 10.9. The van der Waals surface area contributed by atoms with Gasteiger partial charge in [0.2, 0.25) is 0 Å². The lowest BCUT2D eigenvalue weighted by Crippen LogP contribution is -2.28. The molecule has 0 spiro atoms. The topological polar surface area (TPSA) is 19.4 Å². The Morgan fingerprint density at radius 3 is 2.53 bits per heavy atom. The van der Waals surface area contributed by atoms with Crippen LogP contribution in [0.4, 0.5) is 5.82 Å². The van der Waals surface area contributed by atoms with Gasteiger partial charge in [0, 0.05) is 23.8 Å². The van der Waals surface area contributed by atoms with Crippen LogP contribution in [0.1, 0.15) is 18.9 Å².